The van der Waals surface area contributed by atoms with Crippen LogP contribution in [0, 0.1) is 6.92 Å². The molecule has 3 rings (SSSR count). The predicted molar refractivity (Wildman–Crippen MR) is 64.8 cm³/mol. The Morgan fingerprint density at radius 2 is 2.12 bits per heavy atom. The normalized spacial score (nSPS) is 27.1. The number of rotatable bonds is 1. The number of piperazine rings is 1. The molecule has 1 aromatic rings. The van der Waals surface area contributed by atoms with E-state index >= 15 is 0 Å². The van der Waals surface area contributed by atoms with Gasteiger partial charge in [-0.2, -0.15) is 0 Å². The van der Waals surface area contributed by atoms with Crippen molar-refractivity contribution in [2.75, 3.05) is 39.8 Å². The minimum Gasteiger partial charge on any atom is -0.359 e. The molecule has 1 atom stereocenters. The molecule has 0 aromatic carbocycles. The predicted octanol–water partition coefficient (Wildman–Crippen LogP) is 0.375. The van der Waals surface area contributed by atoms with E-state index in [0.29, 0.717) is 6.04 Å². The van der Waals surface area contributed by atoms with Crippen LogP contribution in [0.25, 0.3) is 0 Å². The molecule has 5 nitrogen and oxygen atoms in total. The van der Waals surface area contributed by atoms with E-state index in [2.05, 4.69) is 34.2 Å². The van der Waals surface area contributed by atoms with Gasteiger partial charge in [-0.25, -0.2) is 0 Å². The quantitative estimate of drug-likeness (QED) is 0.763. The van der Waals surface area contributed by atoms with Crippen molar-refractivity contribution in [3.8, 4) is 0 Å². The monoisotopic (exact) mass is 236 g/mol. The number of aromatic nitrogens is 1. The lowest BCUT2D eigenvalue weighted by Crippen LogP contribution is -2.49. The van der Waals surface area contributed by atoms with Gasteiger partial charge in [-0.05, 0) is 14.0 Å². The number of fused-ring (bicyclic) bond motifs is 1. The van der Waals surface area contributed by atoms with Gasteiger partial charge in [0.1, 0.15) is 0 Å². The van der Waals surface area contributed by atoms with Crippen molar-refractivity contribution in [1.82, 2.24) is 20.3 Å². The highest BCUT2D eigenvalue weighted by atomic mass is 16.5. The summed E-state index contributed by atoms with van der Waals surface area (Å²) in [6.45, 7) is 8.42. The zero-order chi connectivity index (χ0) is 11.8. The highest BCUT2D eigenvalue weighted by Crippen LogP contribution is 2.32. The Labute approximate surface area is 102 Å². The molecular weight excluding hydrogens is 216 g/mol. The molecule has 1 unspecified atom stereocenters. The van der Waals surface area contributed by atoms with Crippen LogP contribution in [0.2, 0.25) is 0 Å². The number of hydrogen-bond donors (Lipinski definition) is 1. The van der Waals surface area contributed by atoms with Gasteiger partial charge in [-0.1, -0.05) is 5.16 Å². The van der Waals surface area contributed by atoms with Crippen LogP contribution in [0.3, 0.4) is 0 Å². The topological polar surface area (TPSA) is 44.5 Å². The van der Waals surface area contributed by atoms with Crippen LogP contribution in [-0.4, -0.2) is 54.7 Å². The average molecular weight is 236 g/mol. The first-order valence-electron chi connectivity index (χ1n) is 6.34. The van der Waals surface area contributed by atoms with E-state index in [4.69, 9.17) is 4.52 Å². The number of aryl methyl sites for hydroxylation is 1. The second-order valence-corrected chi connectivity index (χ2v) is 5.10. The van der Waals surface area contributed by atoms with E-state index in [9.17, 15) is 0 Å². The standard InChI is InChI=1S/C12H20N4O/c1-9-12-10(16-5-3-13-4-6-16)7-15(2)8-11(12)17-14-9/h10,13H,3-8H2,1-2H3. The van der Waals surface area contributed by atoms with Crippen molar-refractivity contribution >= 4 is 0 Å². The summed E-state index contributed by atoms with van der Waals surface area (Å²) >= 11 is 0. The van der Waals surface area contributed by atoms with Crippen LogP contribution in [0.15, 0.2) is 4.52 Å². The first-order valence-corrected chi connectivity index (χ1v) is 6.34. The molecule has 94 valence electrons. The van der Waals surface area contributed by atoms with Gasteiger partial charge in [0.25, 0.3) is 0 Å². The molecule has 1 aromatic heterocycles. The molecule has 0 amide bonds. The molecule has 0 radical (unpaired) electrons. The summed E-state index contributed by atoms with van der Waals surface area (Å²) in [5, 5.41) is 7.54. The van der Waals surface area contributed by atoms with E-state index in [1.807, 2.05) is 0 Å². The Morgan fingerprint density at radius 1 is 1.35 bits per heavy atom. The summed E-state index contributed by atoms with van der Waals surface area (Å²) in [7, 11) is 2.15. The molecule has 0 spiro atoms. The molecule has 2 aliphatic heterocycles. The summed E-state index contributed by atoms with van der Waals surface area (Å²) in [5.74, 6) is 1.06. The Balaban J connectivity index is 1.90. The minimum absolute atomic E-state index is 0.456. The molecule has 1 N–H and O–H groups in total. The summed E-state index contributed by atoms with van der Waals surface area (Å²) < 4.78 is 5.44. The molecule has 5 heteroatoms. The van der Waals surface area contributed by atoms with Crippen LogP contribution in [-0.2, 0) is 6.54 Å². The third-order valence-electron chi connectivity index (χ3n) is 3.81. The van der Waals surface area contributed by atoms with Gasteiger partial charge in [-0.15, -0.1) is 0 Å². The Morgan fingerprint density at radius 3 is 2.88 bits per heavy atom. The maximum atomic E-state index is 5.44. The molecule has 17 heavy (non-hydrogen) atoms. The maximum absolute atomic E-state index is 5.44. The summed E-state index contributed by atoms with van der Waals surface area (Å²) in [6, 6.07) is 0.456. The third kappa shape index (κ3) is 1.99. The molecule has 0 saturated carbocycles. The van der Waals surface area contributed by atoms with Gasteiger partial charge in [0.2, 0.25) is 0 Å². The van der Waals surface area contributed by atoms with Crippen LogP contribution in [0.1, 0.15) is 23.1 Å². The fraction of sp³-hybridized carbons (Fsp3) is 0.750. The van der Waals surface area contributed by atoms with Gasteiger partial charge < -0.3 is 9.84 Å². The zero-order valence-electron chi connectivity index (χ0n) is 10.6. The summed E-state index contributed by atoms with van der Waals surface area (Å²) in [6.07, 6.45) is 0. The first kappa shape index (κ1) is 11.2. The van der Waals surface area contributed by atoms with Crippen molar-refractivity contribution in [2.45, 2.75) is 19.5 Å². The van der Waals surface area contributed by atoms with E-state index in [1.54, 1.807) is 0 Å². The highest BCUT2D eigenvalue weighted by Gasteiger charge is 2.33. The van der Waals surface area contributed by atoms with Gasteiger partial charge in [0, 0.05) is 38.3 Å². The van der Waals surface area contributed by atoms with Crippen LogP contribution in [0.4, 0.5) is 0 Å². The summed E-state index contributed by atoms with van der Waals surface area (Å²) in [4.78, 5) is 4.87. The minimum atomic E-state index is 0.456. The fourth-order valence-corrected chi connectivity index (χ4v) is 2.95. The molecule has 0 bridgehead atoms. The maximum Gasteiger partial charge on any atom is 0.155 e. The van der Waals surface area contributed by atoms with Crippen molar-refractivity contribution < 1.29 is 4.52 Å². The molecular formula is C12H20N4O. The van der Waals surface area contributed by atoms with Crippen molar-refractivity contribution in [3.63, 3.8) is 0 Å². The van der Waals surface area contributed by atoms with E-state index in [-0.39, 0.29) is 0 Å². The van der Waals surface area contributed by atoms with Gasteiger partial charge >= 0.3 is 0 Å². The van der Waals surface area contributed by atoms with Crippen molar-refractivity contribution in [3.05, 3.63) is 17.0 Å². The van der Waals surface area contributed by atoms with Crippen molar-refractivity contribution in [2.24, 2.45) is 0 Å². The fourth-order valence-electron chi connectivity index (χ4n) is 2.95. The van der Waals surface area contributed by atoms with E-state index in [0.717, 1.165) is 50.7 Å². The number of nitrogens with one attached hydrogen (secondary N) is 1. The van der Waals surface area contributed by atoms with Gasteiger partial charge in [0.05, 0.1) is 18.3 Å². The number of nitrogens with zero attached hydrogens (tertiary/aromatic N) is 3. The lowest BCUT2D eigenvalue weighted by molar-refractivity contribution is 0.112. The second kappa shape index (κ2) is 4.40. The van der Waals surface area contributed by atoms with Crippen LogP contribution < -0.4 is 5.32 Å². The highest BCUT2D eigenvalue weighted by molar-refractivity contribution is 5.28. The number of hydrogen-bond acceptors (Lipinski definition) is 5. The largest absolute Gasteiger partial charge is 0.359 e. The lowest BCUT2D eigenvalue weighted by Gasteiger charge is -2.39. The lowest BCUT2D eigenvalue weighted by atomic mass is 9.98. The second-order valence-electron chi connectivity index (χ2n) is 5.10. The van der Waals surface area contributed by atoms with Crippen LogP contribution >= 0.6 is 0 Å². The van der Waals surface area contributed by atoms with Gasteiger partial charge in [0.15, 0.2) is 5.76 Å². The first-order chi connectivity index (χ1) is 8.25. The Bertz CT molecular complexity index is 397. The average Bonchev–Trinajstić information content (AvgIpc) is 2.71. The van der Waals surface area contributed by atoms with Crippen LogP contribution in [0.5, 0.6) is 0 Å². The summed E-state index contributed by atoms with van der Waals surface area (Å²) in [5.41, 5.74) is 2.40. The molecule has 2 aliphatic rings. The zero-order valence-corrected chi connectivity index (χ0v) is 10.6. The number of likely N-dealkylation sites (N-methyl/N-ethyl adjacent to an activating group) is 1. The Hall–Kier alpha value is -0.910. The van der Waals surface area contributed by atoms with E-state index in [1.165, 1.54) is 5.56 Å². The Kier molecular flexibility index (Phi) is 2.90. The molecule has 0 aliphatic carbocycles. The van der Waals surface area contributed by atoms with Crippen molar-refractivity contribution in [1.29, 1.82) is 0 Å². The molecule has 3 heterocycles. The third-order valence-corrected chi connectivity index (χ3v) is 3.81. The molecule has 1 fully saturated rings. The smallest absolute Gasteiger partial charge is 0.155 e. The SMILES string of the molecule is Cc1noc2c1C(N1CCNCC1)CN(C)C2. The molecule has 1 saturated heterocycles. The van der Waals surface area contributed by atoms with E-state index < -0.39 is 0 Å². The van der Waals surface area contributed by atoms with Gasteiger partial charge in [-0.3, -0.25) is 9.80 Å².